The normalized spacial score (nSPS) is 12.3. The molecule has 1 aromatic heterocycles. The molecule has 0 fully saturated rings. The number of para-hydroxylation sites is 1. The third-order valence-corrected chi connectivity index (χ3v) is 4.88. The first kappa shape index (κ1) is 16.0. The minimum atomic E-state index is -3.71. The molecule has 0 aliphatic heterocycles. The SMILES string of the molecule is C/C(=C\c1ccc(O)cc1)NS(=O)(=O)c1cnc2ccccc2c1. The van der Waals surface area contributed by atoms with Gasteiger partial charge in [-0.05, 0) is 42.8 Å². The highest BCUT2D eigenvalue weighted by Gasteiger charge is 2.15. The minimum absolute atomic E-state index is 0.111. The molecule has 0 atom stereocenters. The number of nitrogens with one attached hydrogen (secondary N) is 1. The van der Waals surface area contributed by atoms with Gasteiger partial charge in [-0.1, -0.05) is 30.3 Å². The van der Waals surface area contributed by atoms with Crippen LogP contribution in [0.25, 0.3) is 17.0 Å². The van der Waals surface area contributed by atoms with Crippen LogP contribution in [0.2, 0.25) is 0 Å². The van der Waals surface area contributed by atoms with E-state index in [0.717, 1.165) is 16.5 Å². The molecule has 0 amide bonds. The summed E-state index contributed by atoms with van der Waals surface area (Å²) in [6, 6.07) is 15.4. The highest BCUT2D eigenvalue weighted by Crippen LogP contribution is 2.17. The summed E-state index contributed by atoms with van der Waals surface area (Å²) in [7, 11) is -3.71. The molecule has 3 rings (SSSR count). The van der Waals surface area contributed by atoms with Gasteiger partial charge in [-0.2, -0.15) is 0 Å². The van der Waals surface area contributed by atoms with E-state index in [-0.39, 0.29) is 10.6 Å². The number of fused-ring (bicyclic) bond motifs is 1. The molecule has 6 heteroatoms. The molecule has 2 N–H and O–H groups in total. The number of benzene rings is 2. The van der Waals surface area contributed by atoms with Gasteiger partial charge >= 0.3 is 0 Å². The molecule has 24 heavy (non-hydrogen) atoms. The molecule has 0 saturated carbocycles. The second-order valence-electron chi connectivity index (χ2n) is 5.39. The predicted molar refractivity (Wildman–Crippen MR) is 93.8 cm³/mol. The van der Waals surface area contributed by atoms with Crippen molar-refractivity contribution in [3.05, 3.63) is 72.1 Å². The van der Waals surface area contributed by atoms with Crippen LogP contribution in [0.5, 0.6) is 5.75 Å². The Bertz CT molecular complexity index is 1010. The maximum atomic E-state index is 12.5. The van der Waals surface area contributed by atoms with E-state index >= 15 is 0 Å². The van der Waals surface area contributed by atoms with Gasteiger partial charge in [0.2, 0.25) is 0 Å². The molecular formula is C18H16N2O3S. The number of aromatic hydroxyl groups is 1. The Morgan fingerprint density at radius 3 is 2.58 bits per heavy atom. The van der Waals surface area contributed by atoms with E-state index in [0.29, 0.717) is 5.70 Å². The zero-order chi connectivity index (χ0) is 17.2. The standard InChI is InChI=1S/C18H16N2O3S/c1-13(10-14-6-8-16(21)9-7-14)20-24(22,23)17-11-15-4-2-3-5-18(15)19-12-17/h2-12,20-21H,1H3/b13-10+. The number of hydrogen-bond donors (Lipinski definition) is 2. The summed E-state index contributed by atoms with van der Waals surface area (Å²) in [4.78, 5) is 4.29. The van der Waals surface area contributed by atoms with Gasteiger partial charge < -0.3 is 5.11 Å². The number of allylic oxidation sites excluding steroid dienone is 1. The van der Waals surface area contributed by atoms with Crippen LogP contribution in [0, 0.1) is 0 Å². The largest absolute Gasteiger partial charge is 0.508 e. The number of sulfonamides is 1. The molecule has 0 radical (unpaired) electrons. The molecule has 0 spiro atoms. The number of aromatic nitrogens is 1. The first-order valence-electron chi connectivity index (χ1n) is 7.29. The second kappa shape index (κ2) is 6.33. The van der Waals surface area contributed by atoms with E-state index in [2.05, 4.69) is 9.71 Å². The van der Waals surface area contributed by atoms with Crippen molar-refractivity contribution >= 4 is 27.0 Å². The van der Waals surface area contributed by atoms with Crippen LogP contribution in [0.1, 0.15) is 12.5 Å². The second-order valence-corrected chi connectivity index (χ2v) is 7.07. The molecule has 2 aromatic carbocycles. The Balaban J connectivity index is 1.87. The molecule has 0 aliphatic carbocycles. The van der Waals surface area contributed by atoms with Gasteiger partial charge in [0.25, 0.3) is 10.0 Å². The summed E-state index contributed by atoms with van der Waals surface area (Å²) in [6.45, 7) is 1.67. The fourth-order valence-electron chi connectivity index (χ4n) is 2.32. The van der Waals surface area contributed by atoms with Crippen LogP contribution >= 0.6 is 0 Å². The third kappa shape index (κ3) is 3.55. The lowest BCUT2D eigenvalue weighted by molar-refractivity contribution is 0.475. The Kier molecular flexibility index (Phi) is 4.22. The molecule has 0 saturated heterocycles. The molecule has 0 aliphatic rings. The zero-order valence-corrected chi connectivity index (χ0v) is 13.8. The van der Waals surface area contributed by atoms with Crippen molar-refractivity contribution in [1.82, 2.24) is 9.71 Å². The van der Waals surface area contributed by atoms with Gasteiger partial charge in [-0.15, -0.1) is 0 Å². The quantitative estimate of drug-likeness (QED) is 0.764. The van der Waals surface area contributed by atoms with Crippen LogP contribution < -0.4 is 4.72 Å². The van der Waals surface area contributed by atoms with Crippen molar-refractivity contribution in [2.75, 3.05) is 0 Å². The maximum Gasteiger partial charge on any atom is 0.263 e. The van der Waals surface area contributed by atoms with E-state index in [1.165, 1.54) is 6.20 Å². The first-order valence-corrected chi connectivity index (χ1v) is 8.77. The lowest BCUT2D eigenvalue weighted by Crippen LogP contribution is -2.21. The minimum Gasteiger partial charge on any atom is -0.508 e. The number of hydrogen-bond acceptors (Lipinski definition) is 4. The number of pyridine rings is 1. The Morgan fingerprint density at radius 1 is 1.12 bits per heavy atom. The van der Waals surface area contributed by atoms with Gasteiger partial charge in [0.15, 0.2) is 0 Å². The van der Waals surface area contributed by atoms with E-state index in [9.17, 15) is 13.5 Å². The Hall–Kier alpha value is -2.86. The van der Waals surface area contributed by atoms with Crippen molar-refractivity contribution in [3.8, 4) is 5.75 Å². The maximum absolute atomic E-state index is 12.5. The van der Waals surface area contributed by atoms with Crippen LogP contribution in [-0.2, 0) is 10.0 Å². The highest BCUT2D eigenvalue weighted by molar-refractivity contribution is 7.89. The number of nitrogens with zero attached hydrogens (tertiary/aromatic N) is 1. The van der Waals surface area contributed by atoms with Crippen molar-refractivity contribution in [2.45, 2.75) is 11.8 Å². The third-order valence-electron chi connectivity index (χ3n) is 3.45. The fourth-order valence-corrected chi connectivity index (χ4v) is 3.39. The molecule has 1 heterocycles. The number of phenolic OH excluding ortho intramolecular Hbond substituents is 1. The number of rotatable bonds is 4. The van der Waals surface area contributed by atoms with Crippen molar-refractivity contribution in [2.24, 2.45) is 0 Å². The number of phenols is 1. The monoisotopic (exact) mass is 340 g/mol. The summed E-state index contributed by atoms with van der Waals surface area (Å²) in [6.07, 6.45) is 3.03. The Morgan fingerprint density at radius 2 is 1.83 bits per heavy atom. The molecule has 0 bridgehead atoms. The van der Waals surface area contributed by atoms with Crippen LogP contribution in [0.15, 0.2) is 71.4 Å². The molecule has 3 aromatic rings. The van der Waals surface area contributed by atoms with Crippen molar-refractivity contribution in [3.63, 3.8) is 0 Å². The lowest BCUT2D eigenvalue weighted by atomic mass is 10.2. The van der Waals surface area contributed by atoms with Crippen molar-refractivity contribution in [1.29, 1.82) is 0 Å². The zero-order valence-electron chi connectivity index (χ0n) is 13.0. The van der Waals surface area contributed by atoms with Crippen LogP contribution in [-0.4, -0.2) is 18.5 Å². The van der Waals surface area contributed by atoms with Gasteiger partial charge in [0.1, 0.15) is 10.6 Å². The van der Waals surface area contributed by atoms with E-state index in [1.807, 2.05) is 24.3 Å². The van der Waals surface area contributed by atoms with Gasteiger partial charge in [-0.3, -0.25) is 9.71 Å². The lowest BCUT2D eigenvalue weighted by Gasteiger charge is -2.09. The molecule has 0 unspecified atom stereocenters. The van der Waals surface area contributed by atoms with E-state index < -0.39 is 10.0 Å². The fraction of sp³-hybridized carbons (Fsp3) is 0.0556. The average molecular weight is 340 g/mol. The topological polar surface area (TPSA) is 79.3 Å². The van der Waals surface area contributed by atoms with Gasteiger partial charge in [-0.25, -0.2) is 8.42 Å². The summed E-state index contributed by atoms with van der Waals surface area (Å²) < 4.78 is 27.5. The van der Waals surface area contributed by atoms with Crippen LogP contribution in [0.4, 0.5) is 0 Å². The van der Waals surface area contributed by atoms with Gasteiger partial charge in [0, 0.05) is 17.3 Å². The summed E-state index contributed by atoms with van der Waals surface area (Å²) in [5, 5.41) is 10.0. The van der Waals surface area contributed by atoms with E-state index in [4.69, 9.17) is 0 Å². The van der Waals surface area contributed by atoms with Crippen LogP contribution in [0.3, 0.4) is 0 Å². The summed E-state index contributed by atoms with van der Waals surface area (Å²) in [5.41, 5.74) is 1.99. The predicted octanol–water partition coefficient (Wildman–Crippen LogP) is 3.28. The molecule has 5 nitrogen and oxygen atoms in total. The molecular weight excluding hydrogens is 324 g/mol. The Labute approximate surface area is 140 Å². The smallest absolute Gasteiger partial charge is 0.263 e. The summed E-state index contributed by atoms with van der Waals surface area (Å²) >= 11 is 0. The first-order chi connectivity index (χ1) is 11.4. The van der Waals surface area contributed by atoms with Crippen molar-refractivity contribution < 1.29 is 13.5 Å². The summed E-state index contributed by atoms with van der Waals surface area (Å²) in [5.74, 6) is 0.160. The average Bonchev–Trinajstić information content (AvgIpc) is 2.56. The highest BCUT2D eigenvalue weighted by atomic mass is 32.2. The van der Waals surface area contributed by atoms with Gasteiger partial charge in [0.05, 0.1) is 5.52 Å². The van der Waals surface area contributed by atoms with E-state index in [1.54, 1.807) is 43.3 Å². The molecule has 122 valence electrons.